The molecule has 0 saturated heterocycles. The van der Waals surface area contributed by atoms with Crippen LogP contribution in [0.4, 0.5) is 5.88 Å². The molecule has 2 aromatic carbocycles. The van der Waals surface area contributed by atoms with Crippen LogP contribution in [0.2, 0.25) is 0 Å². The van der Waals surface area contributed by atoms with E-state index in [0.29, 0.717) is 19.0 Å². The zero-order valence-electron chi connectivity index (χ0n) is 20.3. The van der Waals surface area contributed by atoms with Gasteiger partial charge in [-0.2, -0.15) is 0 Å². The lowest BCUT2D eigenvalue weighted by atomic mass is 10.1. The number of aromatic nitrogens is 1. The van der Waals surface area contributed by atoms with E-state index >= 15 is 0 Å². The normalized spacial score (nSPS) is 12.3. The van der Waals surface area contributed by atoms with E-state index in [0.717, 1.165) is 48.1 Å². The standard InChI is InChI=1S/C27H37N3O3/c1-5-30(6-2)27-25(26(28-33-27)22-13-9-7-10-14-22)19-29(17-21(3)4)18-23(31)20-32-24-15-11-8-12-16-24/h7-16,21,23,31H,5-6,17-20H2,1-4H3/t23-/m1/s1. The van der Waals surface area contributed by atoms with E-state index < -0.39 is 6.10 Å². The highest BCUT2D eigenvalue weighted by molar-refractivity contribution is 5.68. The van der Waals surface area contributed by atoms with Crippen molar-refractivity contribution in [3.63, 3.8) is 0 Å². The smallest absolute Gasteiger partial charge is 0.232 e. The number of hydrogen-bond donors (Lipinski definition) is 1. The molecule has 33 heavy (non-hydrogen) atoms. The van der Waals surface area contributed by atoms with Crippen molar-refractivity contribution in [2.75, 3.05) is 37.7 Å². The minimum absolute atomic E-state index is 0.247. The van der Waals surface area contributed by atoms with E-state index in [1.54, 1.807) is 0 Å². The topological polar surface area (TPSA) is 62.0 Å². The molecule has 0 amide bonds. The fourth-order valence-electron chi connectivity index (χ4n) is 4.03. The zero-order chi connectivity index (χ0) is 23.6. The minimum Gasteiger partial charge on any atom is -0.491 e. The number of rotatable bonds is 13. The Labute approximate surface area is 197 Å². The van der Waals surface area contributed by atoms with Gasteiger partial charge in [0.15, 0.2) is 0 Å². The zero-order valence-corrected chi connectivity index (χ0v) is 20.3. The third-order valence-corrected chi connectivity index (χ3v) is 5.52. The van der Waals surface area contributed by atoms with Crippen molar-refractivity contribution in [3.8, 4) is 17.0 Å². The van der Waals surface area contributed by atoms with Gasteiger partial charge in [-0.1, -0.05) is 67.5 Å². The van der Waals surface area contributed by atoms with E-state index in [1.165, 1.54) is 0 Å². The molecule has 0 aliphatic carbocycles. The highest BCUT2D eigenvalue weighted by Crippen LogP contribution is 2.32. The quantitative estimate of drug-likeness (QED) is 0.391. The molecule has 1 heterocycles. The molecule has 1 atom stereocenters. The SMILES string of the molecule is CCN(CC)c1onc(-c2ccccc2)c1CN(CC(C)C)C[C@@H](O)COc1ccccc1. The van der Waals surface area contributed by atoms with Crippen LogP contribution in [0.25, 0.3) is 11.3 Å². The Morgan fingerprint density at radius 1 is 0.939 bits per heavy atom. The lowest BCUT2D eigenvalue weighted by molar-refractivity contribution is 0.0615. The van der Waals surface area contributed by atoms with Crippen LogP contribution < -0.4 is 9.64 Å². The first kappa shape index (κ1) is 24.8. The number of para-hydroxylation sites is 1. The summed E-state index contributed by atoms with van der Waals surface area (Å²) in [6.45, 7) is 12.5. The molecule has 6 heteroatoms. The molecular formula is C27H37N3O3. The van der Waals surface area contributed by atoms with E-state index in [4.69, 9.17) is 9.26 Å². The van der Waals surface area contributed by atoms with Gasteiger partial charge in [-0.15, -0.1) is 0 Å². The first-order valence-electron chi connectivity index (χ1n) is 11.9. The van der Waals surface area contributed by atoms with Crippen molar-refractivity contribution >= 4 is 5.88 Å². The molecule has 0 fully saturated rings. The molecule has 0 saturated carbocycles. The summed E-state index contributed by atoms with van der Waals surface area (Å²) in [5.74, 6) is 2.02. The first-order valence-corrected chi connectivity index (χ1v) is 11.9. The van der Waals surface area contributed by atoms with E-state index in [1.807, 2.05) is 48.5 Å². The molecular weight excluding hydrogens is 414 g/mol. The highest BCUT2D eigenvalue weighted by atomic mass is 16.5. The van der Waals surface area contributed by atoms with Crippen LogP contribution in [0.15, 0.2) is 65.2 Å². The number of anilines is 1. The summed E-state index contributed by atoms with van der Waals surface area (Å²) in [7, 11) is 0. The summed E-state index contributed by atoms with van der Waals surface area (Å²) in [6, 6.07) is 19.8. The second kappa shape index (κ2) is 12.4. The van der Waals surface area contributed by atoms with Crippen LogP contribution in [0.1, 0.15) is 33.3 Å². The Balaban J connectivity index is 1.81. The molecule has 3 aromatic rings. The predicted octanol–water partition coefficient (Wildman–Crippen LogP) is 5.09. The Bertz CT molecular complexity index is 940. The molecule has 0 bridgehead atoms. The van der Waals surface area contributed by atoms with Crippen LogP contribution in [0, 0.1) is 5.92 Å². The lowest BCUT2D eigenvalue weighted by Gasteiger charge is -2.28. The van der Waals surface area contributed by atoms with Gasteiger partial charge in [-0.05, 0) is 31.9 Å². The number of ether oxygens (including phenoxy) is 1. The van der Waals surface area contributed by atoms with Crippen molar-refractivity contribution in [1.82, 2.24) is 10.1 Å². The number of nitrogens with zero attached hydrogens (tertiary/aromatic N) is 3. The third kappa shape index (κ3) is 7.07. The van der Waals surface area contributed by atoms with Gasteiger partial charge in [0.05, 0.1) is 5.56 Å². The Hall–Kier alpha value is -2.83. The maximum absolute atomic E-state index is 10.8. The molecule has 6 nitrogen and oxygen atoms in total. The molecule has 178 valence electrons. The highest BCUT2D eigenvalue weighted by Gasteiger charge is 2.24. The summed E-state index contributed by atoms with van der Waals surface area (Å²) in [4.78, 5) is 4.47. The van der Waals surface area contributed by atoms with Crippen molar-refractivity contribution < 1.29 is 14.4 Å². The summed E-state index contributed by atoms with van der Waals surface area (Å²) >= 11 is 0. The second-order valence-electron chi connectivity index (χ2n) is 8.72. The van der Waals surface area contributed by atoms with Crippen LogP contribution in [-0.4, -0.2) is 54.1 Å². The molecule has 0 aliphatic rings. The Kier molecular flexibility index (Phi) is 9.34. The van der Waals surface area contributed by atoms with Gasteiger partial charge < -0.3 is 19.3 Å². The van der Waals surface area contributed by atoms with E-state index in [2.05, 4.69) is 54.8 Å². The Morgan fingerprint density at radius 3 is 2.18 bits per heavy atom. The fourth-order valence-corrected chi connectivity index (χ4v) is 4.03. The van der Waals surface area contributed by atoms with Gasteiger partial charge in [0.2, 0.25) is 5.88 Å². The largest absolute Gasteiger partial charge is 0.491 e. The fraction of sp³-hybridized carbons (Fsp3) is 0.444. The van der Waals surface area contributed by atoms with E-state index in [9.17, 15) is 5.11 Å². The summed E-state index contributed by atoms with van der Waals surface area (Å²) in [6.07, 6.45) is -0.610. The maximum atomic E-state index is 10.8. The number of benzene rings is 2. The first-order chi connectivity index (χ1) is 16.0. The number of aliphatic hydroxyl groups excluding tert-OH is 1. The van der Waals surface area contributed by atoms with Gasteiger partial charge >= 0.3 is 0 Å². The summed E-state index contributed by atoms with van der Waals surface area (Å²) < 4.78 is 11.7. The van der Waals surface area contributed by atoms with Crippen LogP contribution >= 0.6 is 0 Å². The number of aliphatic hydroxyl groups is 1. The van der Waals surface area contributed by atoms with Crippen LogP contribution in [0.5, 0.6) is 5.75 Å². The maximum Gasteiger partial charge on any atom is 0.232 e. The lowest BCUT2D eigenvalue weighted by Crippen LogP contribution is -2.37. The molecule has 1 aromatic heterocycles. The summed E-state index contributed by atoms with van der Waals surface area (Å²) in [5.41, 5.74) is 2.95. The molecule has 0 radical (unpaired) electrons. The van der Waals surface area contributed by atoms with Gasteiger partial charge in [-0.25, -0.2) is 0 Å². The Morgan fingerprint density at radius 2 is 1.58 bits per heavy atom. The molecule has 1 N–H and O–H groups in total. The van der Waals surface area contributed by atoms with Crippen LogP contribution in [0.3, 0.4) is 0 Å². The van der Waals surface area contributed by atoms with Gasteiger partial charge in [0.25, 0.3) is 0 Å². The molecule has 0 aliphatic heterocycles. The van der Waals surface area contributed by atoms with Gasteiger partial charge in [0, 0.05) is 38.3 Å². The molecule has 0 spiro atoms. The summed E-state index contributed by atoms with van der Waals surface area (Å²) in [5, 5.41) is 15.2. The molecule has 0 unspecified atom stereocenters. The predicted molar refractivity (Wildman–Crippen MR) is 134 cm³/mol. The average molecular weight is 452 g/mol. The molecule has 3 rings (SSSR count). The van der Waals surface area contributed by atoms with Crippen molar-refractivity contribution in [3.05, 3.63) is 66.2 Å². The van der Waals surface area contributed by atoms with Crippen molar-refractivity contribution in [2.24, 2.45) is 5.92 Å². The van der Waals surface area contributed by atoms with Gasteiger partial charge in [-0.3, -0.25) is 4.90 Å². The minimum atomic E-state index is -0.610. The van der Waals surface area contributed by atoms with Gasteiger partial charge in [0.1, 0.15) is 24.2 Å². The van der Waals surface area contributed by atoms with Crippen molar-refractivity contribution in [1.29, 1.82) is 0 Å². The van der Waals surface area contributed by atoms with Crippen LogP contribution in [-0.2, 0) is 6.54 Å². The average Bonchev–Trinajstić information content (AvgIpc) is 3.22. The monoisotopic (exact) mass is 451 g/mol. The van der Waals surface area contributed by atoms with Crippen molar-refractivity contribution in [2.45, 2.75) is 40.3 Å². The van der Waals surface area contributed by atoms with E-state index in [-0.39, 0.29) is 6.61 Å². The third-order valence-electron chi connectivity index (χ3n) is 5.52. The number of hydrogen-bond acceptors (Lipinski definition) is 6. The second-order valence-corrected chi connectivity index (χ2v) is 8.72.